The molecule has 1 saturated heterocycles. The Morgan fingerprint density at radius 2 is 1.96 bits per heavy atom. The minimum absolute atomic E-state index is 0.0776. The number of methoxy groups -OCH3 is 1. The van der Waals surface area contributed by atoms with Crippen LogP contribution < -0.4 is 9.47 Å². The monoisotopic (exact) mass is 333 g/mol. The van der Waals surface area contributed by atoms with Gasteiger partial charge in [-0.2, -0.15) is 0 Å². The average Bonchev–Trinajstić information content (AvgIpc) is 3.40. The van der Waals surface area contributed by atoms with Crippen molar-refractivity contribution in [2.75, 3.05) is 27.2 Å². The van der Waals surface area contributed by atoms with Gasteiger partial charge in [-0.1, -0.05) is 6.07 Å². The second kappa shape index (κ2) is 7.43. The van der Waals surface area contributed by atoms with Crippen molar-refractivity contribution in [3.05, 3.63) is 23.8 Å². The van der Waals surface area contributed by atoms with E-state index in [4.69, 9.17) is 9.47 Å². The number of likely N-dealkylation sites (tertiary alicyclic amines) is 1. The van der Waals surface area contributed by atoms with Crippen LogP contribution in [0.3, 0.4) is 0 Å². The Balaban J connectivity index is 1.73. The summed E-state index contributed by atoms with van der Waals surface area (Å²) in [4.78, 5) is 13.5. The summed E-state index contributed by atoms with van der Waals surface area (Å²) >= 11 is 0. The highest BCUT2D eigenvalue weighted by Crippen LogP contribution is 2.46. The molecule has 1 aromatic carbocycles. The van der Waals surface area contributed by atoms with Crippen LogP contribution in [0.25, 0.3) is 0 Å². The number of hydrogen-bond acceptors (Lipinski definition) is 4. The summed E-state index contributed by atoms with van der Waals surface area (Å²) in [5.41, 5.74) is 1.05. The van der Waals surface area contributed by atoms with Crippen molar-refractivity contribution in [2.45, 2.75) is 44.1 Å². The van der Waals surface area contributed by atoms with E-state index in [-0.39, 0.29) is 18.4 Å². The smallest absolute Gasteiger partial charge is 0.303 e. The molecule has 1 aromatic rings. The quantitative estimate of drug-likeness (QED) is 0.831. The molecular weight excluding hydrogens is 306 g/mol. The van der Waals surface area contributed by atoms with Gasteiger partial charge in [-0.15, -0.1) is 0 Å². The topological polar surface area (TPSA) is 59.0 Å². The number of nitrogens with zero attached hydrogens (tertiary/aromatic N) is 1. The first-order chi connectivity index (χ1) is 11.6. The highest BCUT2D eigenvalue weighted by Gasteiger charge is 2.34. The maximum Gasteiger partial charge on any atom is 0.303 e. The Kier molecular flexibility index (Phi) is 5.29. The van der Waals surface area contributed by atoms with Gasteiger partial charge in [0, 0.05) is 13.1 Å². The third-order valence-corrected chi connectivity index (χ3v) is 5.16. The zero-order valence-electron chi connectivity index (χ0n) is 14.5. The Morgan fingerprint density at radius 3 is 2.54 bits per heavy atom. The molecule has 0 amide bonds. The summed E-state index contributed by atoms with van der Waals surface area (Å²) in [5.74, 6) is 1.31. The van der Waals surface area contributed by atoms with Gasteiger partial charge in [-0.25, -0.2) is 0 Å². The molecule has 2 fully saturated rings. The van der Waals surface area contributed by atoms with Crippen LogP contribution in [0.15, 0.2) is 18.2 Å². The standard InChI is InChI=1S/C19H27NO4/c1-20-9-7-15(8-10-20)24-17-6-5-14(11-18(17)23-2)16(12-19(21)22)13-3-4-13/h5-6,11,13,15-16H,3-4,7-10,12H2,1-2H3,(H,21,22). The number of carboxylic acids is 1. The lowest BCUT2D eigenvalue weighted by Crippen LogP contribution is -2.35. The molecule has 2 aliphatic rings. The van der Waals surface area contributed by atoms with E-state index in [1.165, 1.54) is 0 Å². The van der Waals surface area contributed by atoms with E-state index in [1.54, 1.807) is 7.11 Å². The van der Waals surface area contributed by atoms with Crippen LogP contribution in [0.1, 0.15) is 43.6 Å². The molecule has 132 valence electrons. The van der Waals surface area contributed by atoms with Crippen molar-refractivity contribution in [3.8, 4) is 11.5 Å². The number of hydrogen-bond donors (Lipinski definition) is 1. The number of carboxylic acid groups (broad SMARTS) is 1. The summed E-state index contributed by atoms with van der Waals surface area (Å²) in [6.07, 6.45) is 4.68. The van der Waals surface area contributed by atoms with Crippen molar-refractivity contribution in [3.63, 3.8) is 0 Å². The molecule has 0 radical (unpaired) electrons. The minimum Gasteiger partial charge on any atom is -0.493 e. The van der Waals surface area contributed by atoms with Crippen LogP contribution in [-0.4, -0.2) is 49.3 Å². The number of ether oxygens (including phenoxy) is 2. The van der Waals surface area contributed by atoms with Gasteiger partial charge in [-0.3, -0.25) is 4.79 Å². The van der Waals surface area contributed by atoms with E-state index in [0.717, 1.165) is 50.1 Å². The molecule has 5 nitrogen and oxygen atoms in total. The zero-order valence-corrected chi connectivity index (χ0v) is 14.5. The molecule has 3 rings (SSSR count). The lowest BCUT2D eigenvalue weighted by Gasteiger charge is -2.30. The molecule has 1 aliphatic heterocycles. The maximum absolute atomic E-state index is 11.2. The third-order valence-electron chi connectivity index (χ3n) is 5.16. The molecule has 1 heterocycles. The molecule has 0 aromatic heterocycles. The Morgan fingerprint density at radius 1 is 1.25 bits per heavy atom. The fourth-order valence-corrected chi connectivity index (χ4v) is 3.54. The van der Waals surface area contributed by atoms with E-state index >= 15 is 0 Å². The van der Waals surface area contributed by atoms with E-state index in [9.17, 15) is 9.90 Å². The lowest BCUT2D eigenvalue weighted by molar-refractivity contribution is -0.137. The summed E-state index contributed by atoms with van der Waals surface area (Å²) in [5, 5.41) is 9.18. The minimum atomic E-state index is -0.738. The van der Waals surface area contributed by atoms with Gasteiger partial charge in [0.05, 0.1) is 13.5 Å². The van der Waals surface area contributed by atoms with Crippen LogP contribution in [-0.2, 0) is 4.79 Å². The van der Waals surface area contributed by atoms with Gasteiger partial charge in [0.2, 0.25) is 0 Å². The maximum atomic E-state index is 11.2. The Labute approximate surface area is 143 Å². The van der Waals surface area contributed by atoms with Crippen LogP contribution in [0.5, 0.6) is 11.5 Å². The Bertz CT molecular complexity index is 577. The largest absolute Gasteiger partial charge is 0.493 e. The summed E-state index contributed by atoms with van der Waals surface area (Å²) in [7, 11) is 3.77. The van der Waals surface area contributed by atoms with Gasteiger partial charge in [0.25, 0.3) is 0 Å². The van der Waals surface area contributed by atoms with Crippen molar-refractivity contribution >= 4 is 5.97 Å². The lowest BCUT2D eigenvalue weighted by atomic mass is 9.91. The van der Waals surface area contributed by atoms with Gasteiger partial charge in [-0.05, 0) is 62.3 Å². The van der Waals surface area contributed by atoms with Gasteiger partial charge >= 0.3 is 5.97 Å². The SMILES string of the molecule is COc1cc(C(CC(=O)O)C2CC2)ccc1OC1CCN(C)CC1. The van der Waals surface area contributed by atoms with Crippen LogP contribution in [0.2, 0.25) is 0 Å². The number of carbonyl (C=O) groups is 1. The average molecular weight is 333 g/mol. The normalized spacial score (nSPS) is 20.6. The molecule has 1 aliphatic carbocycles. The summed E-state index contributed by atoms with van der Waals surface area (Å²) in [6.45, 7) is 2.10. The summed E-state index contributed by atoms with van der Waals surface area (Å²) < 4.78 is 11.7. The predicted molar refractivity (Wildman–Crippen MR) is 91.9 cm³/mol. The van der Waals surface area contributed by atoms with E-state index in [1.807, 2.05) is 18.2 Å². The van der Waals surface area contributed by atoms with Crippen LogP contribution in [0, 0.1) is 5.92 Å². The first-order valence-electron chi connectivity index (χ1n) is 8.81. The van der Waals surface area contributed by atoms with E-state index < -0.39 is 5.97 Å². The summed E-state index contributed by atoms with van der Waals surface area (Å²) in [6, 6.07) is 5.93. The fraction of sp³-hybridized carbons (Fsp3) is 0.632. The third kappa shape index (κ3) is 4.20. The predicted octanol–water partition coefficient (Wildman–Crippen LogP) is 3.14. The molecule has 1 atom stereocenters. The molecule has 0 spiro atoms. The molecule has 0 bridgehead atoms. The van der Waals surface area contributed by atoms with Crippen LogP contribution >= 0.6 is 0 Å². The second-order valence-electron chi connectivity index (χ2n) is 7.07. The number of rotatable bonds is 7. The fourth-order valence-electron chi connectivity index (χ4n) is 3.54. The van der Waals surface area contributed by atoms with Crippen molar-refractivity contribution in [1.82, 2.24) is 4.90 Å². The van der Waals surface area contributed by atoms with E-state index in [0.29, 0.717) is 11.7 Å². The van der Waals surface area contributed by atoms with Crippen LogP contribution in [0.4, 0.5) is 0 Å². The molecule has 1 N–H and O–H groups in total. The molecular formula is C19H27NO4. The Hall–Kier alpha value is -1.75. The van der Waals surface area contributed by atoms with Gasteiger partial charge < -0.3 is 19.5 Å². The molecule has 1 unspecified atom stereocenters. The highest BCUT2D eigenvalue weighted by molar-refractivity contribution is 5.68. The molecule has 24 heavy (non-hydrogen) atoms. The van der Waals surface area contributed by atoms with E-state index in [2.05, 4.69) is 11.9 Å². The zero-order chi connectivity index (χ0) is 17.1. The number of aliphatic carboxylic acids is 1. The van der Waals surface area contributed by atoms with Crippen molar-refractivity contribution in [2.24, 2.45) is 5.92 Å². The first kappa shape index (κ1) is 17.1. The van der Waals surface area contributed by atoms with Gasteiger partial charge in [0.1, 0.15) is 6.10 Å². The number of benzene rings is 1. The number of piperidine rings is 1. The van der Waals surface area contributed by atoms with Crippen molar-refractivity contribution < 1.29 is 19.4 Å². The second-order valence-corrected chi connectivity index (χ2v) is 7.07. The van der Waals surface area contributed by atoms with Gasteiger partial charge in [0.15, 0.2) is 11.5 Å². The molecule has 5 heteroatoms. The highest BCUT2D eigenvalue weighted by atomic mass is 16.5. The van der Waals surface area contributed by atoms with Crippen molar-refractivity contribution in [1.29, 1.82) is 0 Å². The molecule has 1 saturated carbocycles. The first-order valence-corrected chi connectivity index (χ1v) is 8.81.